The van der Waals surface area contributed by atoms with E-state index in [1.807, 2.05) is 24.3 Å². The highest BCUT2D eigenvalue weighted by Gasteiger charge is 2.28. The lowest BCUT2D eigenvalue weighted by Gasteiger charge is -2.36. The average Bonchev–Trinajstić information content (AvgIpc) is 3.09. The van der Waals surface area contributed by atoms with Crippen LogP contribution in [0.3, 0.4) is 0 Å². The highest BCUT2D eigenvalue weighted by Crippen LogP contribution is 2.33. The van der Waals surface area contributed by atoms with Gasteiger partial charge in [0.05, 0.1) is 9.83 Å². The zero-order valence-corrected chi connectivity index (χ0v) is 17.3. The Bertz CT molecular complexity index is 1080. The normalized spacial score (nSPS) is 18.1. The van der Waals surface area contributed by atoms with Crippen LogP contribution in [0.25, 0.3) is 6.08 Å². The highest BCUT2D eigenvalue weighted by molar-refractivity contribution is 8.18. The van der Waals surface area contributed by atoms with E-state index in [0.717, 1.165) is 18.8 Å². The van der Waals surface area contributed by atoms with Crippen LogP contribution in [0.2, 0.25) is 5.02 Å². The van der Waals surface area contributed by atoms with Crippen molar-refractivity contribution in [1.82, 2.24) is 4.90 Å². The van der Waals surface area contributed by atoms with Gasteiger partial charge in [-0.05, 0) is 47.7 Å². The summed E-state index contributed by atoms with van der Waals surface area (Å²) in [6.07, 6.45) is 1.55. The van der Waals surface area contributed by atoms with Gasteiger partial charge in [-0.25, -0.2) is 0 Å². The number of thioether (sulfide) groups is 1. The molecule has 2 aromatic rings. The van der Waals surface area contributed by atoms with Gasteiger partial charge in [0, 0.05) is 43.0 Å². The molecule has 0 atom stereocenters. The Kier molecular flexibility index (Phi) is 5.65. The maximum absolute atomic E-state index is 12.3. The summed E-state index contributed by atoms with van der Waals surface area (Å²) in [6.45, 7) is 2.97. The summed E-state index contributed by atoms with van der Waals surface area (Å²) in [5, 5.41) is 21.9. The second kappa shape index (κ2) is 8.37. The van der Waals surface area contributed by atoms with Crippen molar-refractivity contribution in [3.8, 4) is 5.75 Å². The molecule has 0 unspecified atom stereocenters. The van der Waals surface area contributed by atoms with Crippen LogP contribution in [0.4, 0.5) is 11.4 Å². The van der Waals surface area contributed by atoms with Crippen LogP contribution >= 0.6 is 23.4 Å². The van der Waals surface area contributed by atoms with Crippen LogP contribution in [0.15, 0.2) is 52.4 Å². The molecule has 30 heavy (non-hydrogen) atoms. The van der Waals surface area contributed by atoms with Crippen LogP contribution in [-0.2, 0) is 4.79 Å². The van der Waals surface area contributed by atoms with Gasteiger partial charge in [-0.15, -0.1) is 0 Å². The fourth-order valence-electron chi connectivity index (χ4n) is 3.29. The van der Waals surface area contributed by atoms with Gasteiger partial charge in [-0.3, -0.25) is 14.9 Å². The number of phenolic OH excluding ortho intramolecular Hbond substituents is 1. The van der Waals surface area contributed by atoms with Gasteiger partial charge in [0.1, 0.15) is 0 Å². The number of nitro benzene ring substituents is 1. The molecule has 1 N–H and O–H groups in total. The zero-order valence-electron chi connectivity index (χ0n) is 15.7. The average molecular weight is 445 g/mol. The van der Waals surface area contributed by atoms with Crippen LogP contribution in [0.5, 0.6) is 5.75 Å². The molecule has 2 aliphatic rings. The number of carbonyl (C=O) groups is 1. The molecule has 1 amide bonds. The number of nitrogens with zero attached hydrogens (tertiary/aromatic N) is 4. The molecule has 0 aliphatic carbocycles. The Morgan fingerprint density at radius 1 is 1.13 bits per heavy atom. The summed E-state index contributed by atoms with van der Waals surface area (Å²) in [5.74, 6) is -0.787. The number of aliphatic imine (C=N–C) groups is 1. The number of piperazine rings is 1. The Balaban J connectivity index is 1.43. The Morgan fingerprint density at radius 3 is 2.57 bits per heavy atom. The van der Waals surface area contributed by atoms with Gasteiger partial charge in [0.15, 0.2) is 10.9 Å². The third-order valence-electron chi connectivity index (χ3n) is 4.83. The molecule has 0 spiro atoms. The molecule has 10 heteroatoms. The molecule has 1 fully saturated rings. The summed E-state index contributed by atoms with van der Waals surface area (Å²) in [4.78, 5) is 31.5. The predicted octanol–water partition coefficient (Wildman–Crippen LogP) is 3.75. The van der Waals surface area contributed by atoms with Gasteiger partial charge in [0.25, 0.3) is 5.91 Å². The lowest BCUT2D eigenvalue weighted by molar-refractivity contribution is -0.385. The third kappa shape index (κ3) is 4.27. The van der Waals surface area contributed by atoms with E-state index in [4.69, 9.17) is 11.6 Å². The van der Waals surface area contributed by atoms with E-state index in [-0.39, 0.29) is 5.91 Å². The van der Waals surface area contributed by atoms with Gasteiger partial charge in [-0.2, -0.15) is 4.99 Å². The van der Waals surface area contributed by atoms with Crippen molar-refractivity contribution in [2.45, 2.75) is 0 Å². The maximum Gasteiger partial charge on any atom is 0.311 e. The standard InChI is InChI=1S/C20H17ClN4O4S/c21-14-2-1-3-15(12-14)23-6-8-24(9-7-23)20-22-19(27)18(30-20)11-13-4-5-17(26)16(10-13)25(28)29/h1-5,10-12,26H,6-9H2/b18-11-. The zero-order chi connectivity index (χ0) is 21.3. The van der Waals surface area contributed by atoms with Crippen LogP contribution in [0, 0.1) is 10.1 Å². The van der Waals surface area contributed by atoms with E-state index in [9.17, 15) is 20.0 Å². The number of carbonyl (C=O) groups excluding carboxylic acids is 1. The predicted molar refractivity (Wildman–Crippen MR) is 118 cm³/mol. The van der Waals surface area contributed by atoms with Gasteiger partial charge >= 0.3 is 5.69 Å². The second-order valence-corrected chi connectivity index (χ2v) is 8.21. The molecule has 2 aliphatic heterocycles. The lowest BCUT2D eigenvalue weighted by atomic mass is 10.1. The first-order valence-electron chi connectivity index (χ1n) is 9.16. The molecule has 0 bridgehead atoms. The Hall–Kier alpha value is -3.04. The van der Waals surface area contributed by atoms with Gasteiger partial charge in [0.2, 0.25) is 0 Å². The molecule has 8 nitrogen and oxygen atoms in total. The summed E-state index contributed by atoms with van der Waals surface area (Å²) in [6, 6.07) is 11.7. The van der Waals surface area contributed by atoms with Crippen molar-refractivity contribution in [2.75, 3.05) is 31.1 Å². The fraction of sp³-hybridized carbons (Fsp3) is 0.200. The van der Waals surface area contributed by atoms with E-state index >= 15 is 0 Å². The highest BCUT2D eigenvalue weighted by atomic mass is 35.5. The van der Waals surface area contributed by atoms with E-state index in [0.29, 0.717) is 33.7 Å². The number of nitro groups is 1. The molecular formula is C20H17ClN4O4S. The molecule has 1 saturated heterocycles. The number of amidine groups is 1. The number of halogens is 1. The summed E-state index contributed by atoms with van der Waals surface area (Å²) in [5.41, 5.74) is 1.12. The second-order valence-electron chi connectivity index (χ2n) is 6.77. The first-order chi connectivity index (χ1) is 14.4. The lowest BCUT2D eigenvalue weighted by Crippen LogP contribution is -2.47. The van der Waals surface area contributed by atoms with Crippen LogP contribution < -0.4 is 4.90 Å². The van der Waals surface area contributed by atoms with E-state index in [1.54, 1.807) is 6.08 Å². The number of amides is 1. The number of rotatable bonds is 3. The number of hydrogen-bond acceptors (Lipinski definition) is 7. The number of phenols is 1. The SMILES string of the molecule is O=C1N=C(N2CCN(c3cccc(Cl)c3)CC2)S/C1=C\c1ccc(O)c([N+](=O)[O-])c1. The van der Waals surface area contributed by atoms with Crippen LogP contribution in [0.1, 0.15) is 5.56 Å². The molecular weight excluding hydrogens is 428 g/mol. The summed E-state index contributed by atoms with van der Waals surface area (Å²) >= 11 is 7.33. The Morgan fingerprint density at radius 2 is 1.87 bits per heavy atom. The number of benzene rings is 2. The van der Waals surface area contributed by atoms with Crippen molar-refractivity contribution < 1.29 is 14.8 Å². The van der Waals surface area contributed by atoms with E-state index in [1.165, 1.54) is 30.0 Å². The third-order valence-corrected chi connectivity index (χ3v) is 6.11. The quantitative estimate of drug-likeness (QED) is 0.437. The number of aromatic hydroxyl groups is 1. The maximum atomic E-state index is 12.3. The van der Waals surface area contributed by atoms with Gasteiger partial charge in [-0.1, -0.05) is 23.7 Å². The van der Waals surface area contributed by atoms with Crippen molar-refractivity contribution in [3.63, 3.8) is 0 Å². The first-order valence-corrected chi connectivity index (χ1v) is 10.4. The fourth-order valence-corrected chi connectivity index (χ4v) is 4.44. The minimum absolute atomic E-state index is 0.372. The van der Waals surface area contributed by atoms with Crippen molar-refractivity contribution in [3.05, 3.63) is 68.1 Å². The molecule has 2 heterocycles. The molecule has 0 saturated carbocycles. The monoisotopic (exact) mass is 444 g/mol. The molecule has 0 aromatic heterocycles. The topological polar surface area (TPSA) is 99.3 Å². The van der Waals surface area contributed by atoms with E-state index < -0.39 is 16.4 Å². The molecule has 4 rings (SSSR count). The minimum atomic E-state index is -0.664. The van der Waals surface area contributed by atoms with Crippen molar-refractivity contribution in [2.24, 2.45) is 4.99 Å². The van der Waals surface area contributed by atoms with Crippen molar-refractivity contribution >= 4 is 51.9 Å². The molecule has 0 radical (unpaired) electrons. The smallest absolute Gasteiger partial charge is 0.311 e. The first kappa shape index (κ1) is 20.2. The number of hydrogen-bond donors (Lipinski definition) is 1. The summed E-state index contributed by atoms with van der Waals surface area (Å²) in [7, 11) is 0. The molecule has 2 aromatic carbocycles. The van der Waals surface area contributed by atoms with Crippen molar-refractivity contribution in [1.29, 1.82) is 0 Å². The van der Waals surface area contributed by atoms with Gasteiger partial charge < -0.3 is 14.9 Å². The Labute approximate surface area is 181 Å². The molecule has 154 valence electrons. The largest absolute Gasteiger partial charge is 0.502 e. The minimum Gasteiger partial charge on any atom is -0.502 e. The summed E-state index contributed by atoms with van der Waals surface area (Å²) < 4.78 is 0. The number of anilines is 1. The van der Waals surface area contributed by atoms with Crippen LogP contribution in [-0.4, -0.2) is 52.2 Å². The van der Waals surface area contributed by atoms with E-state index in [2.05, 4.69) is 14.8 Å².